The monoisotopic (exact) mass is 343 g/mol. The summed E-state index contributed by atoms with van der Waals surface area (Å²) in [7, 11) is 0. The van der Waals surface area contributed by atoms with Crippen LogP contribution in [-0.4, -0.2) is 15.5 Å². The van der Waals surface area contributed by atoms with Gasteiger partial charge in [-0.2, -0.15) is 0 Å². The van der Waals surface area contributed by atoms with Crippen LogP contribution in [0.2, 0.25) is 0 Å². The molecule has 7 heteroatoms. The summed E-state index contributed by atoms with van der Waals surface area (Å²) in [6.07, 6.45) is 1.40. The lowest BCUT2D eigenvalue weighted by Crippen LogP contribution is -2.25. The highest BCUT2D eigenvalue weighted by Crippen LogP contribution is 2.38. The van der Waals surface area contributed by atoms with Gasteiger partial charge in [0, 0.05) is 18.4 Å². The minimum atomic E-state index is -0.745. The molecule has 1 atom stereocenters. The molecule has 1 aliphatic heterocycles. The second-order valence-electron chi connectivity index (χ2n) is 5.80. The smallest absolute Gasteiger partial charge is 0.226 e. The summed E-state index contributed by atoms with van der Waals surface area (Å²) in [4.78, 5) is 16.4. The first-order chi connectivity index (χ1) is 12.0. The first-order valence-electron chi connectivity index (χ1n) is 7.61. The Morgan fingerprint density at radius 2 is 1.80 bits per heavy atom. The summed E-state index contributed by atoms with van der Waals surface area (Å²) in [6.45, 7) is 0. The van der Waals surface area contributed by atoms with Gasteiger partial charge in [0.15, 0.2) is 0 Å². The van der Waals surface area contributed by atoms with E-state index in [0.29, 0.717) is 11.3 Å². The minimum absolute atomic E-state index is 0.0441. The van der Waals surface area contributed by atoms with E-state index in [9.17, 15) is 18.0 Å². The normalized spacial score (nSPS) is 16.4. The van der Waals surface area contributed by atoms with E-state index in [1.54, 1.807) is 18.2 Å². The lowest BCUT2D eigenvalue weighted by molar-refractivity contribution is -0.116. The van der Waals surface area contributed by atoms with Gasteiger partial charge in [0.25, 0.3) is 0 Å². The van der Waals surface area contributed by atoms with Crippen molar-refractivity contribution in [2.75, 3.05) is 5.32 Å². The highest BCUT2D eigenvalue weighted by atomic mass is 19.1. The van der Waals surface area contributed by atoms with E-state index in [1.807, 2.05) is 0 Å². The second-order valence-corrected chi connectivity index (χ2v) is 5.80. The number of rotatable bonds is 2. The van der Waals surface area contributed by atoms with Crippen molar-refractivity contribution < 1.29 is 18.0 Å². The zero-order valence-corrected chi connectivity index (χ0v) is 12.8. The van der Waals surface area contributed by atoms with Gasteiger partial charge in [-0.25, -0.2) is 18.2 Å². The van der Waals surface area contributed by atoms with E-state index < -0.39 is 23.4 Å². The maximum Gasteiger partial charge on any atom is 0.226 e. The molecule has 1 aromatic heterocycles. The van der Waals surface area contributed by atoms with Crippen LogP contribution < -0.4 is 5.32 Å². The molecule has 4 nitrogen and oxygen atoms in total. The molecule has 0 unspecified atom stereocenters. The van der Waals surface area contributed by atoms with Gasteiger partial charge >= 0.3 is 0 Å². The SMILES string of the molecule is O=C1C[C@H](c2ccccc2F)c2ncn(-c3cc(F)cc(F)c3)c2N1. The van der Waals surface area contributed by atoms with E-state index in [2.05, 4.69) is 10.3 Å². The third-order valence-electron chi connectivity index (χ3n) is 4.18. The lowest BCUT2D eigenvalue weighted by Gasteiger charge is -2.23. The van der Waals surface area contributed by atoms with E-state index in [-0.39, 0.29) is 23.8 Å². The first kappa shape index (κ1) is 15.4. The van der Waals surface area contributed by atoms with Crippen molar-refractivity contribution in [1.29, 1.82) is 0 Å². The van der Waals surface area contributed by atoms with Gasteiger partial charge in [0.2, 0.25) is 5.91 Å². The van der Waals surface area contributed by atoms with Gasteiger partial charge in [0.1, 0.15) is 29.6 Å². The van der Waals surface area contributed by atoms with Crippen LogP contribution >= 0.6 is 0 Å². The Morgan fingerprint density at radius 1 is 1.08 bits per heavy atom. The largest absolute Gasteiger partial charge is 0.310 e. The van der Waals surface area contributed by atoms with Crippen molar-refractivity contribution in [3.8, 4) is 5.69 Å². The number of benzene rings is 2. The number of fused-ring (bicyclic) bond motifs is 1. The van der Waals surface area contributed by atoms with Crippen LogP contribution in [0.4, 0.5) is 19.0 Å². The van der Waals surface area contributed by atoms with Crippen molar-refractivity contribution in [3.05, 3.63) is 77.5 Å². The maximum absolute atomic E-state index is 14.2. The number of nitrogens with one attached hydrogen (secondary N) is 1. The molecule has 0 saturated heterocycles. The Bertz CT molecular complexity index is 963. The number of hydrogen-bond donors (Lipinski definition) is 1. The molecule has 1 N–H and O–H groups in total. The Labute approximate surface area is 140 Å². The number of carbonyl (C=O) groups excluding carboxylic acids is 1. The van der Waals surface area contributed by atoms with E-state index in [4.69, 9.17) is 0 Å². The van der Waals surface area contributed by atoms with E-state index in [0.717, 1.165) is 18.2 Å². The maximum atomic E-state index is 14.2. The molecule has 0 spiro atoms. The van der Waals surface area contributed by atoms with Crippen LogP contribution in [0.5, 0.6) is 0 Å². The Kier molecular flexibility index (Phi) is 3.56. The molecule has 126 valence electrons. The molecule has 0 saturated carbocycles. The number of carbonyl (C=O) groups is 1. The van der Waals surface area contributed by atoms with Crippen LogP contribution in [0, 0.1) is 17.5 Å². The van der Waals surface area contributed by atoms with Crippen LogP contribution in [0.25, 0.3) is 5.69 Å². The van der Waals surface area contributed by atoms with Crippen LogP contribution in [-0.2, 0) is 4.79 Å². The van der Waals surface area contributed by atoms with Crippen molar-refractivity contribution in [2.24, 2.45) is 0 Å². The summed E-state index contributed by atoms with van der Waals surface area (Å²) in [5, 5.41) is 2.66. The van der Waals surface area contributed by atoms with Crippen LogP contribution in [0.3, 0.4) is 0 Å². The number of halogens is 3. The van der Waals surface area contributed by atoms with Gasteiger partial charge in [-0.05, 0) is 23.8 Å². The number of nitrogens with zero attached hydrogens (tertiary/aromatic N) is 2. The molecule has 0 aliphatic carbocycles. The highest BCUT2D eigenvalue weighted by Gasteiger charge is 2.32. The molecular formula is C18H12F3N3O. The molecule has 0 bridgehead atoms. The topological polar surface area (TPSA) is 46.9 Å². The predicted molar refractivity (Wildman–Crippen MR) is 85.0 cm³/mol. The van der Waals surface area contributed by atoms with Crippen molar-refractivity contribution in [3.63, 3.8) is 0 Å². The molecule has 0 radical (unpaired) electrons. The highest BCUT2D eigenvalue weighted by molar-refractivity contribution is 5.94. The quantitative estimate of drug-likeness (QED) is 0.770. The predicted octanol–water partition coefficient (Wildman–Crippen LogP) is 3.76. The Morgan fingerprint density at radius 3 is 2.52 bits per heavy atom. The molecule has 4 rings (SSSR count). The zero-order chi connectivity index (χ0) is 17.6. The molecule has 25 heavy (non-hydrogen) atoms. The molecule has 2 aromatic carbocycles. The summed E-state index contributed by atoms with van der Waals surface area (Å²) in [5.74, 6) is -2.52. The fraction of sp³-hybridized carbons (Fsp3) is 0.111. The number of amides is 1. The molecule has 3 aromatic rings. The molecular weight excluding hydrogens is 331 g/mol. The first-order valence-corrected chi connectivity index (χ1v) is 7.61. The molecule has 2 heterocycles. The minimum Gasteiger partial charge on any atom is -0.310 e. The average Bonchev–Trinajstić information content (AvgIpc) is 2.97. The second kappa shape index (κ2) is 5.77. The fourth-order valence-electron chi connectivity index (χ4n) is 3.10. The average molecular weight is 343 g/mol. The fourth-order valence-corrected chi connectivity index (χ4v) is 3.10. The van der Waals surface area contributed by atoms with Gasteiger partial charge in [0.05, 0.1) is 11.4 Å². The molecule has 0 fully saturated rings. The number of hydrogen-bond acceptors (Lipinski definition) is 2. The molecule has 1 aliphatic rings. The Balaban J connectivity index is 1.86. The van der Waals surface area contributed by atoms with Gasteiger partial charge < -0.3 is 5.32 Å². The summed E-state index contributed by atoms with van der Waals surface area (Å²) >= 11 is 0. The van der Waals surface area contributed by atoms with Crippen LogP contribution in [0.1, 0.15) is 23.6 Å². The van der Waals surface area contributed by atoms with E-state index in [1.165, 1.54) is 17.0 Å². The Hall–Kier alpha value is -3.09. The van der Waals surface area contributed by atoms with Crippen molar-refractivity contribution in [1.82, 2.24) is 9.55 Å². The summed E-state index contributed by atoms with van der Waals surface area (Å²) in [5.41, 5.74) is 0.990. The van der Waals surface area contributed by atoms with Gasteiger partial charge in [-0.1, -0.05) is 18.2 Å². The third kappa shape index (κ3) is 2.67. The zero-order valence-electron chi connectivity index (χ0n) is 12.8. The number of aromatic nitrogens is 2. The van der Waals surface area contributed by atoms with Crippen molar-refractivity contribution in [2.45, 2.75) is 12.3 Å². The van der Waals surface area contributed by atoms with Gasteiger partial charge in [-0.15, -0.1) is 0 Å². The standard InChI is InChI=1S/C18H12F3N3O/c19-10-5-11(20)7-12(6-10)24-9-22-17-14(8-16(25)23-18(17)24)13-3-1-2-4-15(13)21/h1-7,9,14H,8H2,(H,23,25)/t14-/m1/s1. The number of imidazole rings is 1. The lowest BCUT2D eigenvalue weighted by atomic mass is 9.89. The summed E-state index contributed by atoms with van der Waals surface area (Å²) < 4.78 is 42.6. The summed E-state index contributed by atoms with van der Waals surface area (Å²) in [6, 6.07) is 9.19. The molecule has 1 amide bonds. The number of anilines is 1. The van der Waals surface area contributed by atoms with Gasteiger partial charge in [-0.3, -0.25) is 9.36 Å². The third-order valence-corrected chi connectivity index (χ3v) is 4.18. The van der Waals surface area contributed by atoms with Crippen molar-refractivity contribution >= 4 is 11.7 Å². The van der Waals surface area contributed by atoms with Crippen LogP contribution in [0.15, 0.2) is 48.8 Å². The van der Waals surface area contributed by atoms with E-state index >= 15 is 0 Å².